The first-order chi connectivity index (χ1) is 10.1. The Bertz CT molecular complexity index is 688. The summed E-state index contributed by atoms with van der Waals surface area (Å²) in [4.78, 5) is 24.7. The van der Waals surface area contributed by atoms with Gasteiger partial charge < -0.3 is 9.47 Å². The summed E-state index contributed by atoms with van der Waals surface area (Å²) in [6, 6.07) is 5.01. The van der Waals surface area contributed by atoms with Crippen molar-refractivity contribution in [3.63, 3.8) is 0 Å². The Hall–Kier alpha value is -2.56. The van der Waals surface area contributed by atoms with E-state index < -0.39 is 5.97 Å². The fraction of sp³-hybridized carbons (Fsp3) is 0.250. The molecule has 1 amide bonds. The Morgan fingerprint density at radius 3 is 2.81 bits per heavy atom. The molecule has 108 valence electrons. The van der Waals surface area contributed by atoms with E-state index in [2.05, 4.69) is 0 Å². The maximum Gasteiger partial charge on any atom is 0.308 e. The molecule has 5 nitrogen and oxygen atoms in total. The molecule has 1 aromatic rings. The molecule has 0 spiro atoms. The Morgan fingerprint density at radius 2 is 2.10 bits per heavy atom. The third kappa shape index (κ3) is 2.42. The summed E-state index contributed by atoms with van der Waals surface area (Å²) in [5.74, 6) is 1.21. The molecule has 0 saturated heterocycles. The third-order valence-corrected chi connectivity index (χ3v) is 3.32. The maximum absolute atomic E-state index is 12.0. The van der Waals surface area contributed by atoms with E-state index in [-0.39, 0.29) is 5.91 Å². The van der Waals surface area contributed by atoms with Gasteiger partial charge >= 0.3 is 5.97 Å². The normalized spacial score (nSPS) is 16.0. The molecular weight excluding hydrogens is 270 g/mol. The van der Waals surface area contributed by atoms with E-state index in [9.17, 15) is 9.59 Å². The molecule has 0 radical (unpaired) electrons. The van der Waals surface area contributed by atoms with Crippen LogP contribution in [0.2, 0.25) is 0 Å². The maximum atomic E-state index is 12.0. The van der Waals surface area contributed by atoms with E-state index in [1.807, 2.05) is 12.2 Å². The van der Waals surface area contributed by atoms with Crippen LogP contribution in [0, 0.1) is 0 Å². The molecular formula is C16H15NO4. The zero-order chi connectivity index (χ0) is 15.0. The lowest BCUT2D eigenvalue weighted by Gasteiger charge is -2.33. The zero-order valence-corrected chi connectivity index (χ0v) is 11.9. The number of ether oxygens (including phenoxy) is 2. The highest BCUT2D eigenvalue weighted by Crippen LogP contribution is 2.42. The Labute approximate surface area is 122 Å². The minimum absolute atomic E-state index is 0.0844. The fourth-order valence-corrected chi connectivity index (χ4v) is 2.53. The topological polar surface area (TPSA) is 55.8 Å². The molecule has 5 heteroatoms. The van der Waals surface area contributed by atoms with Gasteiger partial charge in [0.2, 0.25) is 5.91 Å². The van der Waals surface area contributed by atoms with Crippen LogP contribution in [0.4, 0.5) is 5.69 Å². The van der Waals surface area contributed by atoms with Gasteiger partial charge in [-0.05, 0) is 24.6 Å². The van der Waals surface area contributed by atoms with Crippen LogP contribution in [-0.2, 0) is 9.59 Å². The number of carbonyl (C=O) groups is 2. The van der Waals surface area contributed by atoms with Gasteiger partial charge in [-0.3, -0.25) is 14.5 Å². The summed E-state index contributed by atoms with van der Waals surface area (Å²) in [6.07, 6.45) is 5.55. The van der Waals surface area contributed by atoms with Gasteiger partial charge in [-0.2, -0.15) is 0 Å². The van der Waals surface area contributed by atoms with Crippen LogP contribution >= 0.6 is 0 Å². The average Bonchev–Trinajstić information content (AvgIpc) is 2.43. The zero-order valence-electron chi connectivity index (χ0n) is 11.9. The van der Waals surface area contributed by atoms with Crippen molar-refractivity contribution in [1.29, 1.82) is 0 Å². The predicted octanol–water partition coefficient (Wildman–Crippen LogP) is 2.92. The quantitative estimate of drug-likeness (QED) is 0.588. The highest BCUT2D eigenvalue weighted by Gasteiger charge is 2.29. The standard InChI is InChI=1S/C16H15NO4/c1-10(18)17-13-5-3-4-6-15(13)21-16-9-12(20-11(2)19)7-8-14(16)17/h3,5,7-9H,4,6H2,1-2H3. The van der Waals surface area contributed by atoms with Crippen LogP contribution in [0.1, 0.15) is 26.7 Å². The van der Waals surface area contributed by atoms with Gasteiger partial charge in [0.1, 0.15) is 11.5 Å². The third-order valence-electron chi connectivity index (χ3n) is 3.32. The molecule has 2 aliphatic rings. The number of anilines is 1. The van der Waals surface area contributed by atoms with Crippen molar-refractivity contribution < 1.29 is 19.1 Å². The number of allylic oxidation sites excluding steroid dienone is 3. The molecule has 1 aliphatic carbocycles. The number of rotatable bonds is 1. The second-order valence-electron chi connectivity index (χ2n) is 4.93. The summed E-state index contributed by atoms with van der Waals surface area (Å²) in [5, 5.41) is 0. The molecule has 0 fully saturated rings. The van der Waals surface area contributed by atoms with Crippen molar-refractivity contribution in [3.05, 3.63) is 41.8 Å². The number of esters is 1. The molecule has 1 aromatic carbocycles. The van der Waals surface area contributed by atoms with Crippen molar-refractivity contribution in [1.82, 2.24) is 0 Å². The van der Waals surface area contributed by atoms with E-state index in [1.54, 1.807) is 23.1 Å². The summed E-state index contributed by atoms with van der Waals surface area (Å²) in [6.45, 7) is 2.86. The number of nitrogens with zero attached hydrogens (tertiary/aromatic N) is 1. The van der Waals surface area contributed by atoms with E-state index in [1.165, 1.54) is 13.8 Å². The Balaban J connectivity index is 2.06. The van der Waals surface area contributed by atoms with Crippen molar-refractivity contribution in [2.75, 3.05) is 4.90 Å². The van der Waals surface area contributed by atoms with Crippen LogP contribution in [0.15, 0.2) is 41.8 Å². The lowest BCUT2D eigenvalue weighted by Crippen LogP contribution is -2.32. The van der Waals surface area contributed by atoms with Crippen molar-refractivity contribution in [2.24, 2.45) is 0 Å². The summed E-state index contributed by atoms with van der Waals surface area (Å²) in [5.41, 5.74) is 1.44. The number of hydrogen-bond acceptors (Lipinski definition) is 4. The van der Waals surface area contributed by atoms with Gasteiger partial charge in [-0.1, -0.05) is 6.08 Å². The number of benzene rings is 1. The molecule has 0 unspecified atom stereocenters. The largest absolute Gasteiger partial charge is 0.457 e. The number of fused-ring (bicyclic) bond motifs is 1. The summed E-state index contributed by atoms with van der Waals surface area (Å²) >= 11 is 0. The number of hydrogen-bond donors (Lipinski definition) is 0. The van der Waals surface area contributed by atoms with Gasteiger partial charge in [0.05, 0.1) is 11.4 Å². The van der Waals surface area contributed by atoms with Crippen molar-refractivity contribution in [3.8, 4) is 11.5 Å². The van der Waals surface area contributed by atoms with Crippen LogP contribution < -0.4 is 14.4 Å². The first-order valence-corrected chi connectivity index (χ1v) is 6.77. The first kappa shape index (κ1) is 13.4. The summed E-state index contributed by atoms with van der Waals surface area (Å²) in [7, 11) is 0. The first-order valence-electron chi connectivity index (χ1n) is 6.77. The van der Waals surface area contributed by atoms with E-state index in [0.29, 0.717) is 17.2 Å². The van der Waals surface area contributed by atoms with Crippen LogP contribution in [-0.4, -0.2) is 11.9 Å². The molecule has 21 heavy (non-hydrogen) atoms. The molecule has 0 atom stereocenters. The van der Waals surface area contributed by atoms with E-state index in [4.69, 9.17) is 9.47 Å². The average molecular weight is 285 g/mol. The van der Waals surface area contributed by atoms with Crippen molar-refractivity contribution in [2.45, 2.75) is 26.7 Å². The van der Waals surface area contributed by atoms with Crippen LogP contribution in [0.3, 0.4) is 0 Å². The molecule has 0 N–H and O–H groups in total. The second kappa shape index (κ2) is 5.09. The number of carbonyl (C=O) groups excluding carboxylic acids is 2. The smallest absolute Gasteiger partial charge is 0.308 e. The van der Waals surface area contributed by atoms with Gasteiger partial charge in [-0.25, -0.2) is 0 Å². The molecule has 0 bridgehead atoms. The molecule has 1 aliphatic heterocycles. The van der Waals surface area contributed by atoms with Crippen molar-refractivity contribution >= 4 is 17.6 Å². The lowest BCUT2D eigenvalue weighted by atomic mass is 10.1. The van der Waals surface area contributed by atoms with Crippen LogP contribution in [0.25, 0.3) is 0 Å². The Morgan fingerprint density at radius 1 is 1.29 bits per heavy atom. The van der Waals surface area contributed by atoms with Gasteiger partial charge in [0.15, 0.2) is 5.75 Å². The SMILES string of the molecule is CC(=O)Oc1ccc2c(c1)OC1=C(C=CCC1)N2C(C)=O. The van der Waals surface area contributed by atoms with Gasteiger partial charge in [0, 0.05) is 26.3 Å². The monoisotopic (exact) mass is 285 g/mol. The van der Waals surface area contributed by atoms with Gasteiger partial charge in [-0.15, -0.1) is 0 Å². The molecule has 0 saturated carbocycles. The number of amides is 1. The predicted molar refractivity (Wildman–Crippen MR) is 76.9 cm³/mol. The molecule has 3 rings (SSSR count). The summed E-state index contributed by atoms with van der Waals surface area (Å²) < 4.78 is 10.9. The van der Waals surface area contributed by atoms with E-state index >= 15 is 0 Å². The molecule has 1 heterocycles. The molecule has 0 aromatic heterocycles. The lowest BCUT2D eigenvalue weighted by molar-refractivity contribution is -0.131. The Kier molecular flexibility index (Phi) is 3.25. The van der Waals surface area contributed by atoms with Crippen LogP contribution in [0.5, 0.6) is 11.5 Å². The fourth-order valence-electron chi connectivity index (χ4n) is 2.53. The highest BCUT2D eigenvalue weighted by molar-refractivity contribution is 5.98. The second-order valence-corrected chi connectivity index (χ2v) is 4.93. The van der Waals surface area contributed by atoms with Gasteiger partial charge in [0.25, 0.3) is 0 Å². The minimum Gasteiger partial charge on any atom is -0.457 e. The minimum atomic E-state index is -0.394. The highest BCUT2D eigenvalue weighted by atomic mass is 16.5. The van der Waals surface area contributed by atoms with E-state index in [0.717, 1.165) is 24.3 Å².